The number of aliphatic carboxylic acids is 1. The highest BCUT2D eigenvalue weighted by atomic mass is 32.2. The fraction of sp³-hybridized carbons (Fsp3) is 0.176. The van der Waals surface area contributed by atoms with Gasteiger partial charge in [0.2, 0.25) is 17.9 Å². The van der Waals surface area contributed by atoms with Gasteiger partial charge in [0.25, 0.3) is 10.1 Å². The Bertz CT molecular complexity index is 1040. The summed E-state index contributed by atoms with van der Waals surface area (Å²) < 4.78 is 34.4. The second kappa shape index (κ2) is 5.54. The largest absolute Gasteiger partial charge is 0.477 e. The third-order valence-electron chi connectivity index (χ3n) is 3.83. The van der Waals surface area contributed by atoms with Gasteiger partial charge in [-0.2, -0.15) is 13.0 Å². The first-order valence-electron chi connectivity index (χ1n) is 7.25. The highest BCUT2D eigenvalue weighted by Crippen LogP contribution is 2.38. The molecule has 3 rings (SSSR count). The first-order valence-corrected chi connectivity index (χ1v) is 8.69. The molecule has 6 nitrogen and oxygen atoms in total. The molecule has 1 heterocycles. The standard InChI is InChI=1S/C17H15NO5S/c1-10(2)8-14-11-4-3-5-12-15(24(21,22)23)7-6-13(17(11)12)18(14)9-16(19)20/h3-8H,9H2,1-2H3,(H-,19,20,21,22,23)/p+1. The van der Waals surface area contributed by atoms with Crippen LogP contribution >= 0.6 is 0 Å². The van der Waals surface area contributed by atoms with Gasteiger partial charge in [0, 0.05) is 17.5 Å². The molecule has 124 valence electrons. The molecular formula is C17H16NO5S+. The maximum absolute atomic E-state index is 11.6. The van der Waals surface area contributed by atoms with Crippen molar-refractivity contribution in [2.45, 2.75) is 18.7 Å². The van der Waals surface area contributed by atoms with E-state index in [4.69, 9.17) is 0 Å². The third-order valence-corrected chi connectivity index (χ3v) is 4.74. The summed E-state index contributed by atoms with van der Waals surface area (Å²) in [6, 6.07) is 7.95. The molecule has 0 spiro atoms. The molecule has 0 saturated carbocycles. The first-order chi connectivity index (χ1) is 11.2. The van der Waals surface area contributed by atoms with E-state index in [0.717, 1.165) is 11.1 Å². The minimum absolute atomic E-state index is 0.183. The molecule has 0 bridgehead atoms. The minimum atomic E-state index is -4.38. The molecule has 0 aliphatic carbocycles. The predicted octanol–water partition coefficient (Wildman–Crippen LogP) is 2.58. The van der Waals surface area contributed by atoms with Crippen LogP contribution in [0, 0.1) is 0 Å². The zero-order valence-corrected chi connectivity index (χ0v) is 14.0. The Morgan fingerprint density at radius 3 is 2.50 bits per heavy atom. The number of hydrogen-bond donors (Lipinski definition) is 2. The molecule has 24 heavy (non-hydrogen) atoms. The fourth-order valence-corrected chi connectivity index (χ4v) is 3.72. The summed E-state index contributed by atoms with van der Waals surface area (Å²) in [5.41, 5.74) is 3.05. The number of carboxylic acids is 1. The number of carboxylic acid groups (broad SMARTS) is 1. The summed E-state index contributed by atoms with van der Waals surface area (Å²) in [4.78, 5) is 11.1. The van der Waals surface area contributed by atoms with Gasteiger partial charge in [0.05, 0.1) is 10.9 Å². The van der Waals surface area contributed by atoms with E-state index in [2.05, 4.69) is 0 Å². The van der Waals surface area contributed by atoms with Crippen LogP contribution in [-0.4, -0.2) is 40.9 Å². The van der Waals surface area contributed by atoms with Crippen LogP contribution < -0.4 is 0 Å². The van der Waals surface area contributed by atoms with E-state index in [-0.39, 0.29) is 11.4 Å². The average Bonchev–Trinajstić information content (AvgIpc) is 2.74. The topological polar surface area (TPSA) is 94.7 Å². The summed E-state index contributed by atoms with van der Waals surface area (Å²) >= 11 is 0. The van der Waals surface area contributed by atoms with Gasteiger partial charge in [0.1, 0.15) is 4.90 Å². The van der Waals surface area contributed by atoms with Gasteiger partial charge in [-0.3, -0.25) is 4.55 Å². The maximum atomic E-state index is 11.6. The van der Waals surface area contributed by atoms with Crippen LogP contribution in [0.1, 0.15) is 19.4 Å². The molecule has 0 unspecified atom stereocenters. The highest BCUT2D eigenvalue weighted by molar-refractivity contribution is 7.86. The van der Waals surface area contributed by atoms with Crippen molar-refractivity contribution in [1.82, 2.24) is 0 Å². The van der Waals surface area contributed by atoms with E-state index in [1.807, 2.05) is 26.0 Å². The zero-order chi connectivity index (χ0) is 17.6. The average molecular weight is 346 g/mol. The van der Waals surface area contributed by atoms with Crippen molar-refractivity contribution in [2.24, 2.45) is 0 Å². The van der Waals surface area contributed by atoms with Gasteiger partial charge < -0.3 is 5.11 Å². The van der Waals surface area contributed by atoms with Crippen LogP contribution in [0.3, 0.4) is 0 Å². The van der Waals surface area contributed by atoms with E-state index in [1.165, 1.54) is 12.1 Å². The Balaban J connectivity index is 2.42. The van der Waals surface area contributed by atoms with Crippen LogP contribution in [0.2, 0.25) is 0 Å². The van der Waals surface area contributed by atoms with Crippen LogP contribution in [0.25, 0.3) is 10.8 Å². The van der Waals surface area contributed by atoms with E-state index < -0.39 is 16.1 Å². The molecule has 0 atom stereocenters. The second-order valence-corrected chi connectivity index (χ2v) is 7.26. The lowest BCUT2D eigenvalue weighted by atomic mass is 10.0. The molecule has 1 aliphatic heterocycles. The van der Waals surface area contributed by atoms with Crippen molar-refractivity contribution in [2.75, 3.05) is 6.54 Å². The first kappa shape index (κ1) is 16.4. The van der Waals surface area contributed by atoms with Gasteiger partial charge in [0.15, 0.2) is 0 Å². The lowest BCUT2D eigenvalue weighted by Crippen LogP contribution is -2.20. The van der Waals surface area contributed by atoms with E-state index >= 15 is 0 Å². The van der Waals surface area contributed by atoms with Gasteiger partial charge >= 0.3 is 5.97 Å². The quantitative estimate of drug-likeness (QED) is 0.655. The summed E-state index contributed by atoms with van der Waals surface area (Å²) in [5, 5.41) is 10.2. The Morgan fingerprint density at radius 2 is 1.92 bits per heavy atom. The van der Waals surface area contributed by atoms with Gasteiger partial charge in [-0.15, -0.1) is 0 Å². The molecule has 2 N–H and O–H groups in total. The predicted molar refractivity (Wildman–Crippen MR) is 89.7 cm³/mol. The van der Waals surface area contributed by atoms with Gasteiger partial charge in [-0.1, -0.05) is 17.7 Å². The summed E-state index contributed by atoms with van der Waals surface area (Å²) in [7, 11) is -4.38. The van der Waals surface area contributed by atoms with Crippen molar-refractivity contribution >= 4 is 38.3 Å². The number of benzene rings is 2. The van der Waals surface area contributed by atoms with Crippen molar-refractivity contribution in [3.8, 4) is 0 Å². The molecule has 1 aliphatic rings. The van der Waals surface area contributed by atoms with Crippen molar-refractivity contribution in [1.29, 1.82) is 0 Å². The smallest absolute Gasteiger partial charge is 0.370 e. The van der Waals surface area contributed by atoms with Crippen molar-refractivity contribution in [3.63, 3.8) is 0 Å². The minimum Gasteiger partial charge on any atom is -0.477 e. The monoisotopic (exact) mass is 346 g/mol. The number of carbonyl (C=O) groups is 1. The Labute approximate surface area is 139 Å². The molecule has 0 saturated heterocycles. The fourth-order valence-electron chi connectivity index (χ4n) is 3.03. The molecule has 2 aromatic rings. The van der Waals surface area contributed by atoms with Crippen LogP contribution in [0.4, 0.5) is 5.69 Å². The van der Waals surface area contributed by atoms with Gasteiger partial charge in [-0.25, -0.2) is 4.79 Å². The van der Waals surface area contributed by atoms with Crippen LogP contribution in [0.5, 0.6) is 0 Å². The van der Waals surface area contributed by atoms with Crippen molar-refractivity contribution in [3.05, 3.63) is 47.5 Å². The molecular weight excluding hydrogens is 330 g/mol. The van der Waals surface area contributed by atoms with Crippen LogP contribution in [-0.2, 0) is 14.9 Å². The summed E-state index contributed by atoms with van der Waals surface area (Å²) in [6.45, 7) is 3.56. The third kappa shape index (κ3) is 2.61. The molecule has 0 aromatic heterocycles. The summed E-state index contributed by atoms with van der Waals surface area (Å²) in [5.74, 6) is -0.991. The van der Waals surface area contributed by atoms with Crippen molar-refractivity contribution < 1.29 is 27.4 Å². The van der Waals surface area contributed by atoms with Gasteiger partial charge in [-0.05, 0) is 26.0 Å². The number of rotatable bonds is 4. The number of allylic oxidation sites excluding steroid dienone is 2. The Hall–Kier alpha value is -2.51. The molecule has 0 fully saturated rings. The lowest BCUT2D eigenvalue weighted by Gasteiger charge is -2.04. The van der Waals surface area contributed by atoms with E-state index in [1.54, 1.807) is 16.7 Å². The zero-order valence-electron chi connectivity index (χ0n) is 13.1. The van der Waals surface area contributed by atoms with E-state index in [0.29, 0.717) is 22.2 Å². The molecule has 2 aromatic carbocycles. The number of nitrogens with zero attached hydrogens (tertiary/aromatic N) is 1. The molecule has 0 amide bonds. The Morgan fingerprint density at radius 1 is 1.21 bits per heavy atom. The normalized spacial score (nSPS) is 13.5. The SMILES string of the molecule is CC(C)=CC1=[N+](CC(=O)O)c2ccc(S(=O)(=O)O)c3cccc1c23. The van der Waals surface area contributed by atoms with E-state index in [9.17, 15) is 22.9 Å². The number of hydrogen-bond acceptors (Lipinski definition) is 3. The molecule has 7 heteroatoms. The maximum Gasteiger partial charge on any atom is 0.370 e. The lowest BCUT2D eigenvalue weighted by molar-refractivity contribution is -0.425. The second-order valence-electron chi connectivity index (χ2n) is 5.87. The Kier molecular flexibility index (Phi) is 3.77. The summed E-state index contributed by atoms with van der Waals surface area (Å²) in [6.07, 6.45) is 1.87. The molecule has 0 radical (unpaired) electrons. The van der Waals surface area contributed by atoms with Crippen LogP contribution in [0.15, 0.2) is 46.9 Å². The highest BCUT2D eigenvalue weighted by Gasteiger charge is 2.34.